The third-order valence-corrected chi connectivity index (χ3v) is 4.06. The fourth-order valence-electron chi connectivity index (χ4n) is 2.77. The summed E-state index contributed by atoms with van der Waals surface area (Å²) < 4.78 is 6.83. The van der Waals surface area contributed by atoms with Crippen LogP contribution in [-0.4, -0.2) is 42.1 Å². The molecule has 2 N–H and O–H groups in total. The van der Waals surface area contributed by atoms with Crippen LogP contribution in [0.1, 0.15) is 32.6 Å². The Labute approximate surface area is 125 Å². The molecule has 6 heteroatoms. The summed E-state index contributed by atoms with van der Waals surface area (Å²) in [6.45, 7) is 4.37. The molecule has 118 valence electrons. The van der Waals surface area contributed by atoms with Crippen LogP contribution in [0.4, 0.5) is 5.69 Å². The highest BCUT2D eigenvalue weighted by Gasteiger charge is 2.19. The Bertz CT molecular complexity index is 495. The summed E-state index contributed by atoms with van der Waals surface area (Å²) >= 11 is 0. The van der Waals surface area contributed by atoms with Gasteiger partial charge in [-0.1, -0.05) is 13.3 Å². The predicted octanol–water partition coefficient (Wildman–Crippen LogP) is 0.986. The molecular formula is C15H26N4O2. The van der Waals surface area contributed by atoms with E-state index in [-0.39, 0.29) is 11.6 Å². The zero-order valence-electron chi connectivity index (χ0n) is 13.0. The Hall–Kier alpha value is -1.40. The van der Waals surface area contributed by atoms with Crippen molar-refractivity contribution >= 4 is 5.69 Å². The van der Waals surface area contributed by atoms with Gasteiger partial charge in [0.25, 0.3) is 5.56 Å². The van der Waals surface area contributed by atoms with Gasteiger partial charge in [0, 0.05) is 32.3 Å². The van der Waals surface area contributed by atoms with Crippen molar-refractivity contribution in [2.24, 2.45) is 5.73 Å². The molecule has 2 rings (SSSR count). The smallest absolute Gasteiger partial charge is 0.268 e. The zero-order chi connectivity index (χ0) is 15.2. The highest BCUT2D eigenvalue weighted by Crippen LogP contribution is 2.18. The Kier molecular flexibility index (Phi) is 5.76. The summed E-state index contributed by atoms with van der Waals surface area (Å²) in [7, 11) is 1.75. The zero-order valence-corrected chi connectivity index (χ0v) is 13.0. The highest BCUT2D eigenvalue weighted by atomic mass is 16.5. The molecule has 21 heavy (non-hydrogen) atoms. The van der Waals surface area contributed by atoms with Crippen molar-refractivity contribution in [1.82, 2.24) is 9.78 Å². The molecule has 1 aromatic rings. The lowest BCUT2D eigenvalue weighted by Gasteiger charge is -2.32. The number of ether oxygens (including phenoxy) is 1. The van der Waals surface area contributed by atoms with E-state index in [9.17, 15) is 4.79 Å². The number of nitrogens with two attached hydrogens (primary N) is 1. The van der Waals surface area contributed by atoms with Crippen molar-refractivity contribution in [1.29, 1.82) is 0 Å². The summed E-state index contributed by atoms with van der Waals surface area (Å²) in [4.78, 5) is 14.3. The molecule has 0 bridgehead atoms. The summed E-state index contributed by atoms with van der Waals surface area (Å²) in [6, 6.07) is 1.65. The lowest BCUT2D eigenvalue weighted by Crippen LogP contribution is -2.38. The first kappa shape index (κ1) is 16.0. The monoisotopic (exact) mass is 294 g/mol. The fourth-order valence-corrected chi connectivity index (χ4v) is 2.77. The van der Waals surface area contributed by atoms with Crippen molar-refractivity contribution in [2.75, 3.05) is 25.1 Å². The second-order valence-corrected chi connectivity index (χ2v) is 5.70. The summed E-state index contributed by atoms with van der Waals surface area (Å²) in [5.74, 6) is 0. The number of anilines is 1. The van der Waals surface area contributed by atoms with E-state index in [0.717, 1.165) is 44.5 Å². The van der Waals surface area contributed by atoms with Crippen LogP contribution in [0.15, 0.2) is 17.1 Å². The van der Waals surface area contributed by atoms with Crippen LogP contribution >= 0.6 is 0 Å². The van der Waals surface area contributed by atoms with Crippen LogP contribution in [0, 0.1) is 0 Å². The molecule has 0 radical (unpaired) electrons. The number of rotatable bonds is 6. The molecule has 0 spiro atoms. The van der Waals surface area contributed by atoms with Crippen molar-refractivity contribution in [3.8, 4) is 0 Å². The fraction of sp³-hybridized carbons (Fsp3) is 0.733. The Morgan fingerprint density at radius 3 is 2.76 bits per heavy atom. The molecule has 0 aromatic carbocycles. The van der Waals surface area contributed by atoms with Gasteiger partial charge in [0.2, 0.25) is 0 Å². The van der Waals surface area contributed by atoms with E-state index in [1.165, 1.54) is 4.68 Å². The van der Waals surface area contributed by atoms with Crippen LogP contribution < -0.4 is 16.2 Å². The van der Waals surface area contributed by atoms with E-state index in [1.807, 2.05) is 0 Å². The van der Waals surface area contributed by atoms with Crippen molar-refractivity contribution in [3.05, 3.63) is 22.6 Å². The van der Waals surface area contributed by atoms with E-state index in [1.54, 1.807) is 19.4 Å². The van der Waals surface area contributed by atoms with Gasteiger partial charge in [-0.25, -0.2) is 4.68 Å². The normalized spacial score (nSPS) is 18.0. The largest absolute Gasteiger partial charge is 0.381 e. The number of hydrogen-bond donors (Lipinski definition) is 1. The van der Waals surface area contributed by atoms with Crippen LogP contribution in [0.25, 0.3) is 0 Å². The van der Waals surface area contributed by atoms with Crippen LogP contribution in [-0.2, 0) is 11.3 Å². The maximum Gasteiger partial charge on any atom is 0.268 e. The van der Waals surface area contributed by atoms with E-state index < -0.39 is 0 Å². The van der Waals surface area contributed by atoms with Gasteiger partial charge in [0.15, 0.2) is 0 Å². The first-order valence-corrected chi connectivity index (χ1v) is 7.74. The van der Waals surface area contributed by atoms with Gasteiger partial charge in [-0.15, -0.1) is 0 Å². The molecular weight excluding hydrogens is 268 g/mol. The topological polar surface area (TPSA) is 73.4 Å². The van der Waals surface area contributed by atoms with Crippen molar-refractivity contribution in [2.45, 2.75) is 51.3 Å². The second kappa shape index (κ2) is 7.56. The van der Waals surface area contributed by atoms with Crippen LogP contribution in [0.3, 0.4) is 0 Å². The highest BCUT2D eigenvalue weighted by molar-refractivity contribution is 5.43. The molecule has 1 aromatic heterocycles. The van der Waals surface area contributed by atoms with Crippen LogP contribution in [0.5, 0.6) is 0 Å². The van der Waals surface area contributed by atoms with Gasteiger partial charge in [-0.3, -0.25) is 4.79 Å². The number of aromatic nitrogens is 2. The number of piperidine rings is 1. The molecule has 0 amide bonds. The van der Waals surface area contributed by atoms with Gasteiger partial charge in [-0.05, 0) is 19.3 Å². The van der Waals surface area contributed by atoms with E-state index in [4.69, 9.17) is 10.5 Å². The molecule has 2 heterocycles. The molecule has 6 nitrogen and oxygen atoms in total. The third kappa shape index (κ3) is 4.28. The van der Waals surface area contributed by atoms with Crippen molar-refractivity contribution < 1.29 is 4.74 Å². The van der Waals surface area contributed by atoms with E-state index in [2.05, 4.69) is 16.9 Å². The van der Waals surface area contributed by atoms with Gasteiger partial charge in [0.05, 0.1) is 24.5 Å². The Morgan fingerprint density at radius 1 is 1.48 bits per heavy atom. The maximum absolute atomic E-state index is 12.1. The molecule has 1 saturated heterocycles. The number of hydrogen-bond acceptors (Lipinski definition) is 5. The lowest BCUT2D eigenvalue weighted by atomic mass is 10.1. The maximum atomic E-state index is 12.1. The van der Waals surface area contributed by atoms with E-state index >= 15 is 0 Å². The van der Waals surface area contributed by atoms with Gasteiger partial charge in [0.1, 0.15) is 0 Å². The van der Waals surface area contributed by atoms with Crippen molar-refractivity contribution in [3.63, 3.8) is 0 Å². The molecule has 1 fully saturated rings. The average Bonchev–Trinajstić information content (AvgIpc) is 2.50. The number of methoxy groups -OCH3 is 1. The summed E-state index contributed by atoms with van der Waals surface area (Å²) in [5.41, 5.74) is 6.79. The van der Waals surface area contributed by atoms with Gasteiger partial charge in [-0.2, -0.15) is 5.10 Å². The Balaban J connectivity index is 2.00. The minimum absolute atomic E-state index is 0.0107. The predicted molar refractivity (Wildman–Crippen MR) is 83.6 cm³/mol. The Morgan fingerprint density at radius 2 is 2.19 bits per heavy atom. The first-order valence-electron chi connectivity index (χ1n) is 7.74. The lowest BCUT2D eigenvalue weighted by molar-refractivity contribution is 0.0819. The quantitative estimate of drug-likeness (QED) is 0.847. The average molecular weight is 294 g/mol. The first-order chi connectivity index (χ1) is 10.1. The van der Waals surface area contributed by atoms with Gasteiger partial charge < -0.3 is 15.4 Å². The molecule has 1 atom stereocenters. The van der Waals surface area contributed by atoms with E-state index in [0.29, 0.717) is 12.6 Å². The molecule has 1 aliphatic heterocycles. The second-order valence-electron chi connectivity index (χ2n) is 5.70. The summed E-state index contributed by atoms with van der Waals surface area (Å²) in [6.07, 6.45) is 6.00. The summed E-state index contributed by atoms with van der Waals surface area (Å²) in [5, 5.41) is 4.27. The molecule has 1 aliphatic rings. The molecule has 1 unspecified atom stereocenters. The van der Waals surface area contributed by atoms with Crippen LogP contribution in [0.2, 0.25) is 0 Å². The van der Waals surface area contributed by atoms with Gasteiger partial charge >= 0.3 is 0 Å². The molecule has 0 aliphatic carbocycles. The standard InChI is InChI=1S/C15H26N4O2/c1-3-4-12(16)11-19-15(20)9-13(10-17-19)18-7-5-14(21-2)6-8-18/h9-10,12,14H,3-8,11,16H2,1-2H3. The minimum atomic E-state index is -0.0760. The number of nitrogens with zero attached hydrogens (tertiary/aromatic N) is 3. The minimum Gasteiger partial charge on any atom is -0.381 e. The third-order valence-electron chi connectivity index (χ3n) is 4.06. The molecule has 0 saturated carbocycles. The SMILES string of the molecule is CCCC(N)Cn1ncc(N2CCC(OC)CC2)cc1=O.